The van der Waals surface area contributed by atoms with E-state index in [1.54, 1.807) is 6.92 Å². The third-order valence-corrected chi connectivity index (χ3v) is 3.24. The maximum Gasteiger partial charge on any atom is 0.321 e. The molecule has 1 aliphatic rings. The van der Waals surface area contributed by atoms with Gasteiger partial charge in [-0.1, -0.05) is 19.1 Å². The summed E-state index contributed by atoms with van der Waals surface area (Å²) in [5, 5.41) is 13.5. The Labute approximate surface area is 118 Å². The van der Waals surface area contributed by atoms with Crippen LogP contribution >= 0.6 is 0 Å². The Balaban J connectivity index is 2.19. The molecule has 112 valence electrons. The van der Waals surface area contributed by atoms with Crippen molar-refractivity contribution in [2.45, 2.75) is 39.0 Å². The van der Waals surface area contributed by atoms with E-state index in [4.69, 9.17) is 5.11 Å². The Morgan fingerprint density at radius 3 is 2.65 bits per heavy atom. The number of carbonyl (C=O) groups is 3. The third-order valence-electron chi connectivity index (χ3n) is 3.24. The van der Waals surface area contributed by atoms with Crippen LogP contribution in [0.3, 0.4) is 0 Å². The molecule has 3 N–H and O–H groups in total. The van der Waals surface area contributed by atoms with Crippen molar-refractivity contribution in [3.8, 4) is 0 Å². The number of allylic oxidation sites excluding steroid dienone is 2. The second-order valence-electron chi connectivity index (χ2n) is 5.32. The lowest BCUT2D eigenvalue weighted by atomic mass is 9.94. The van der Waals surface area contributed by atoms with Gasteiger partial charge in [0.1, 0.15) is 0 Å². The maximum absolute atomic E-state index is 11.5. The summed E-state index contributed by atoms with van der Waals surface area (Å²) in [6.07, 6.45) is 7.20. The highest BCUT2D eigenvalue weighted by Crippen LogP contribution is 2.16. The molecule has 2 unspecified atom stereocenters. The van der Waals surface area contributed by atoms with Crippen molar-refractivity contribution in [3.63, 3.8) is 0 Å². The van der Waals surface area contributed by atoms with E-state index < -0.39 is 17.9 Å². The first-order chi connectivity index (χ1) is 9.47. The van der Waals surface area contributed by atoms with E-state index in [1.165, 1.54) is 0 Å². The van der Waals surface area contributed by atoms with Gasteiger partial charge in [-0.3, -0.25) is 14.9 Å². The fourth-order valence-electron chi connectivity index (χ4n) is 2.19. The highest BCUT2D eigenvalue weighted by molar-refractivity contribution is 5.94. The number of hydrogen-bond acceptors (Lipinski definition) is 3. The zero-order valence-corrected chi connectivity index (χ0v) is 11.7. The van der Waals surface area contributed by atoms with Crippen LogP contribution in [0.15, 0.2) is 12.2 Å². The van der Waals surface area contributed by atoms with Crippen molar-refractivity contribution in [2.75, 3.05) is 6.54 Å². The van der Waals surface area contributed by atoms with Gasteiger partial charge in [0, 0.05) is 19.4 Å². The normalized spacial score (nSPS) is 19.1. The van der Waals surface area contributed by atoms with Crippen LogP contribution in [0.25, 0.3) is 0 Å². The van der Waals surface area contributed by atoms with Crippen molar-refractivity contribution in [1.29, 1.82) is 0 Å². The molecule has 0 aromatic rings. The van der Waals surface area contributed by atoms with Crippen molar-refractivity contribution in [2.24, 2.45) is 11.8 Å². The summed E-state index contributed by atoms with van der Waals surface area (Å²) in [6, 6.07) is -0.507. The fourth-order valence-corrected chi connectivity index (χ4v) is 2.19. The van der Waals surface area contributed by atoms with Crippen LogP contribution in [0.5, 0.6) is 0 Å². The number of amides is 3. The first-order valence-corrected chi connectivity index (χ1v) is 6.92. The predicted molar refractivity (Wildman–Crippen MR) is 74.1 cm³/mol. The van der Waals surface area contributed by atoms with Gasteiger partial charge >= 0.3 is 12.0 Å². The summed E-state index contributed by atoms with van der Waals surface area (Å²) in [4.78, 5) is 33.5. The molecule has 20 heavy (non-hydrogen) atoms. The van der Waals surface area contributed by atoms with Gasteiger partial charge in [-0.2, -0.15) is 0 Å². The van der Waals surface area contributed by atoms with E-state index >= 15 is 0 Å². The molecule has 0 saturated carbocycles. The van der Waals surface area contributed by atoms with Crippen molar-refractivity contribution < 1.29 is 19.5 Å². The minimum atomic E-state index is -0.944. The first kappa shape index (κ1) is 16.2. The Morgan fingerprint density at radius 2 is 2.05 bits per heavy atom. The lowest BCUT2D eigenvalue weighted by molar-refractivity contribution is -0.138. The quantitative estimate of drug-likeness (QED) is 0.646. The van der Waals surface area contributed by atoms with Crippen LogP contribution in [-0.4, -0.2) is 29.6 Å². The number of carboxylic acid groups (broad SMARTS) is 1. The second kappa shape index (κ2) is 8.35. The molecule has 6 nitrogen and oxygen atoms in total. The maximum atomic E-state index is 11.5. The number of carboxylic acids is 1. The van der Waals surface area contributed by atoms with Gasteiger partial charge in [0.25, 0.3) is 0 Å². The van der Waals surface area contributed by atoms with Gasteiger partial charge in [0.2, 0.25) is 5.91 Å². The molecule has 0 spiro atoms. The number of aliphatic carboxylic acids is 1. The molecule has 0 radical (unpaired) electrons. The highest BCUT2D eigenvalue weighted by atomic mass is 16.4. The van der Waals surface area contributed by atoms with Crippen LogP contribution in [0.2, 0.25) is 0 Å². The van der Waals surface area contributed by atoms with Gasteiger partial charge in [-0.15, -0.1) is 0 Å². The van der Waals surface area contributed by atoms with E-state index in [0.29, 0.717) is 12.5 Å². The summed E-state index contributed by atoms with van der Waals surface area (Å²) in [6.45, 7) is 2.22. The van der Waals surface area contributed by atoms with Crippen LogP contribution in [-0.2, 0) is 9.59 Å². The number of carbonyl (C=O) groups excluding carboxylic acids is 2. The average Bonchev–Trinajstić information content (AvgIpc) is 2.36. The Hall–Kier alpha value is -1.85. The highest BCUT2D eigenvalue weighted by Gasteiger charge is 2.16. The molecule has 2 atom stereocenters. The minimum absolute atomic E-state index is 0.0336. The van der Waals surface area contributed by atoms with Gasteiger partial charge < -0.3 is 10.4 Å². The van der Waals surface area contributed by atoms with Crippen LogP contribution in [0, 0.1) is 11.8 Å². The number of urea groups is 1. The molecule has 6 heteroatoms. The lowest BCUT2D eigenvalue weighted by Gasteiger charge is -2.18. The molecule has 0 bridgehead atoms. The molecule has 0 aliphatic heterocycles. The predicted octanol–water partition coefficient (Wildman–Crippen LogP) is 1.67. The summed E-state index contributed by atoms with van der Waals surface area (Å²) < 4.78 is 0. The van der Waals surface area contributed by atoms with E-state index in [-0.39, 0.29) is 18.8 Å². The molecule has 3 amide bonds. The zero-order chi connectivity index (χ0) is 15.0. The second-order valence-corrected chi connectivity index (χ2v) is 5.32. The van der Waals surface area contributed by atoms with Crippen LogP contribution in [0.4, 0.5) is 4.79 Å². The first-order valence-electron chi connectivity index (χ1n) is 6.92. The molecule has 0 aromatic carbocycles. The standard InChI is InChI=1S/C14H22N2O4/c1-10(8-13(18)19)7-12(17)16-14(20)15-9-11-5-3-2-4-6-11/h2-3,10-11H,4-9H2,1H3,(H,18,19)(H2,15,16,17,20). The molecular weight excluding hydrogens is 260 g/mol. The van der Waals surface area contributed by atoms with Crippen molar-refractivity contribution >= 4 is 17.9 Å². The molecule has 1 aliphatic carbocycles. The topological polar surface area (TPSA) is 95.5 Å². The van der Waals surface area contributed by atoms with Crippen molar-refractivity contribution in [1.82, 2.24) is 10.6 Å². The van der Waals surface area contributed by atoms with Crippen molar-refractivity contribution in [3.05, 3.63) is 12.2 Å². The molecular formula is C14H22N2O4. The minimum Gasteiger partial charge on any atom is -0.481 e. The number of hydrogen-bond donors (Lipinski definition) is 3. The van der Waals surface area contributed by atoms with Crippen LogP contribution in [0.1, 0.15) is 39.0 Å². The van der Waals surface area contributed by atoms with E-state index in [2.05, 4.69) is 22.8 Å². The van der Waals surface area contributed by atoms with E-state index in [1.807, 2.05) is 0 Å². The van der Waals surface area contributed by atoms with E-state index in [0.717, 1.165) is 19.3 Å². The fraction of sp³-hybridized carbons (Fsp3) is 0.643. The van der Waals surface area contributed by atoms with Gasteiger partial charge in [0.05, 0.1) is 0 Å². The summed E-state index contributed by atoms with van der Waals surface area (Å²) in [5.74, 6) is -1.25. The Bertz CT molecular complexity index is 393. The Kier molecular flexibility index (Phi) is 6.76. The average molecular weight is 282 g/mol. The summed E-state index contributed by atoms with van der Waals surface area (Å²) >= 11 is 0. The summed E-state index contributed by atoms with van der Waals surface area (Å²) in [5.41, 5.74) is 0. The Morgan fingerprint density at radius 1 is 1.30 bits per heavy atom. The molecule has 0 aromatic heterocycles. The number of nitrogens with one attached hydrogen (secondary N) is 2. The third kappa shape index (κ3) is 6.92. The molecule has 0 heterocycles. The monoisotopic (exact) mass is 282 g/mol. The molecule has 0 saturated heterocycles. The smallest absolute Gasteiger partial charge is 0.321 e. The number of imide groups is 1. The molecule has 0 fully saturated rings. The van der Waals surface area contributed by atoms with Crippen LogP contribution < -0.4 is 10.6 Å². The molecule has 1 rings (SSSR count). The SMILES string of the molecule is CC(CC(=O)O)CC(=O)NC(=O)NCC1CC=CCC1. The number of rotatable bonds is 6. The van der Waals surface area contributed by atoms with Gasteiger partial charge in [0.15, 0.2) is 0 Å². The largest absolute Gasteiger partial charge is 0.481 e. The van der Waals surface area contributed by atoms with Gasteiger partial charge in [-0.05, 0) is 31.1 Å². The zero-order valence-electron chi connectivity index (χ0n) is 11.7. The van der Waals surface area contributed by atoms with Gasteiger partial charge in [-0.25, -0.2) is 4.79 Å². The summed E-state index contributed by atoms with van der Waals surface area (Å²) in [7, 11) is 0. The lowest BCUT2D eigenvalue weighted by Crippen LogP contribution is -2.42. The van der Waals surface area contributed by atoms with E-state index in [9.17, 15) is 14.4 Å².